The molecule has 0 fully saturated rings. The Morgan fingerprint density at radius 1 is 1.00 bits per heavy atom. The van der Waals surface area contributed by atoms with E-state index in [2.05, 4.69) is 10.3 Å². The molecule has 3 heterocycles. The van der Waals surface area contributed by atoms with Crippen molar-refractivity contribution in [2.24, 2.45) is 0 Å². The number of aromatic nitrogens is 1. The van der Waals surface area contributed by atoms with Crippen molar-refractivity contribution in [2.75, 3.05) is 13.2 Å². The average molecular weight is 409 g/mol. The van der Waals surface area contributed by atoms with Crippen molar-refractivity contribution in [2.45, 2.75) is 6.54 Å². The second kappa shape index (κ2) is 7.26. The maximum atomic E-state index is 12.5. The summed E-state index contributed by atoms with van der Waals surface area (Å²) in [6.07, 6.45) is 0. The normalized spacial score (nSPS) is 12.9. The fourth-order valence-corrected chi connectivity index (χ4v) is 4.88. The van der Waals surface area contributed by atoms with E-state index in [-0.39, 0.29) is 5.91 Å². The molecule has 1 aliphatic heterocycles. The molecule has 0 spiro atoms. The van der Waals surface area contributed by atoms with Gasteiger partial charge in [0.25, 0.3) is 5.91 Å². The average Bonchev–Trinajstić information content (AvgIpc) is 3.38. The van der Waals surface area contributed by atoms with Crippen LogP contribution in [-0.4, -0.2) is 24.1 Å². The molecule has 5 rings (SSSR count). The standard InChI is InChI=1S/C21H16N2O3S2/c24-21(22-12-20-23-14-3-1-2-4-18(14)28-20)19-8-7-17(27-19)13-5-6-15-16(11-13)26-10-9-25-15/h1-8,11H,9-10,12H2,(H,22,24). The van der Waals surface area contributed by atoms with Crippen LogP contribution < -0.4 is 14.8 Å². The highest BCUT2D eigenvalue weighted by molar-refractivity contribution is 7.18. The fourth-order valence-electron chi connectivity index (χ4n) is 3.05. The van der Waals surface area contributed by atoms with E-state index in [4.69, 9.17) is 9.47 Å². The summed E-state index contributed by atoms with van der Waals surface area (Å²) in [5.41, 5.74) is 1.98. The van der Waals surface area contributed by atoms with Gasteiger partial charge in [-0.3, -0.25) is 4.79 Å². The molecule has 5 nitrogen and oxygen atoms in total. The third kappa shape index (κ3) is 3.34. The molecule has 0 saturated carbocycles. The van der Waals surface area contributed by atoms with Crippen LogP contribution in [0, 0.1) is 0 Å². The molecule has 2 aromatic carbocycles. The van der Waals surface area contributed by atoms with E-state index in [1.807, 2.05) is 54.6 Å². The Bertz CT molecular complexity index is 1130. The van der Waals surface area contributed by atoms with Gasteiger partial charge in [-0.05, 0) is 48.0 Å². The lowest BCUT2D eigenvalue weighted by molar-refractivity contribution is 0.0955. The predicted molar refractivity (Wildman–Crippen MR) is 112 cm³/mol. The number of hydrogen-bond donors (Lipinski definition) is 1. The van der Waals surface area contributed by atoms with Gasteiger partial charge in [0.15, 0.2) is 11.5 Å². The Balaban J connectivity index is 1.29. The molecule has 0 radical (unpaired) electrons. The van der Waals surface area contributed by atoms with Gasteiger partial charge in [0.05, 0.1) is 21.6 Å². The summed E-state index contributed by atoms with van der Waals surface area (Å²) >= 11 is 3.06. The number of nitrogens with one attached hydrogen (secondary N) is 1. The van der Waals surface area contributed by atoms with E-state index < -0.39 is 0 Å². The van der Waals surface area contributed by atoms with Gasteiger partial charge in [-0.2, -0.15) is 0 Å². The van der Waals surface area contributed by atoms with Gasteiger partial charge in [0.2, 0.25) is 0 Å². The van der Waals surface area contributed by atoms with Crippen molar-refractivity contribution in [1.82, 2.24) is 10.3 Å². The molecule has 0 bridgehead atoms. The molecule has 1 N–H and O–H groups in total. The summed E-state index contributed by atoms with van der Waals surface area (Å²) in [5.74, 6) is 1.42. The first-order chi connectivity index (χ1) is 13.8. The second-order valence-electron chi connectivity index (χ2n) is 6.28. The minimum absolute atomic E-state index is 0.0898. The van der Waals surface area contributed by atoms with Crippen LogP contribution in [0.15, 0.2) is 54.6 Å². The number of hydrogen-bond acceptors (Lipinski definition) is 6. The Morgan fingerprint density at radius 2 is 1.86 bits per heavy atom. The molecule has 140 valence electrons. The van der Waals surface area contributed by atoms with Crippen molar-refractivity contribution in [3.05, 3.63) is 64.5 Å². The van der Waals surface area contributed by atoms with Crippen molar-refractivity contribution in [3.63, 3.8) is 0 Å². The summed E-state index contributed by atoms with van der Waals surface area (Å²) in [7, 11) is 0. The minimum atomic E-state index is -0.0898. The predicted octanol–water partition coefficient (Wildman–Crippen LogP) is 4.73. The zero-order valence-corrected chi connectivity index (χ0v) is 16.4. The maximum Gasteiger partial charge on any atom is 0.261 e. The van der Waals surface area contributed by atoms with E-state index in [0.717, 1.165) is 37.2 Å². The first kappa shape index (κ1) is 17.2. The van der Waals surface area contributed by atoms with E-state index in [0.29, 0.717) is 24.6 Å². The number of nitrogens with zero attached hydrogens (tertiary/aromatic N) is 1. The number of carbonyl (C=O) groups excluding carboxylic acids is 1. The first-order valence-corrected chi connectivity index (χ1v) is 10.5. The van der Waals surface area contributed by atoms with Crippen molar-refractivity contribution >= 4 is 38.8 Å². The Hall–Kier alpha value is -2.90. The Kier molecular flexibility index (Phi) is 4.46. The number of benzene rings is 2. The van der Waals surface area contributed by atoms with Gasteiger partial charge >= 0.3 is 0 Å². The van der Waals surface area contributed by atoms with Crippen molar-refractivity contribution < 1.29 is 14.3 Å². The van der Waals surface area contributed by atoms with Crippen LogP contribution in [0.5, 0.6) is 11.5 Å². The van der Waals surface area contributed by atoms with Gasteiger partial charge in [-0.15, -0.1) is 22.7 Å². The van der Waals surface area contributed by atoms with Crippen LogP contribution in [0.4, 0.5) is 0 Å². The molecule has 0 atom stereocenters. The molecule has 0 unspecified atom stereocenters. The summed E-state index contributed by atoms with van der Waals surface area (Å²) in [6, 6.07) is 17.7. The first-order valence-electron chi connectivity index (χ1n) is 8.89. The third-order valence-corrected chi connectivity index (χ3v) is 6.56. The van der Waals surface area contributed by atoms with Gasteiger partial charge in [-0.25, -0.2) is 4.98 Å². The highest BCUT2D eigenvalue weighted by Gasteiger charge is 2.15. The summed E-state index contributed by atoms with van der Waals surface area (Å²) < 4.78 is 12.3. The number of ether oxygens (including phenoxy) is 2. The van der Waals surface area contributed by atoms with Crippen LogP contribution in [0.3, 0.4) is 0 Å². The van der Waals surface area contributed by atoms with E-state index in [1.165, 1.54) is 11.3 Å². The Morgan fingerprint density at radius 3 is 2.75 bits per heavy atom. The number of amides is 1. The molecule has 1 aliphatic rings. The SMILES string of the molecule is O=C(NCc1nc2ccccc2s1)c1ccc(-c2ccc3c(c2)OCCO3)s1. The largest absolute Gasteiger partial charge is 0.486 e. The van der Waals surface area contributed by atoms with E-state index in [9.17, 15) is 4.79 Å². The van der Waals surface area contributed by atoms with Crippen molar-refractivity contribution in [3.8, 4) is 21.9 Å². The Labute approximate surface area is 169 Å². The number of thiophene rings is 1. The number of para-hydroxylation sites is 1. The maximum absolute atomic E-state index is 12.5. The summed E-state index contributed by atoms with van der Waals surface area (Å²) in [4.78, 5) is 18.8. The van der Waals surface area contributed by atoms with Crippen LogP contribution >= 0.6 is 22.7 Å². The lowest BCUT2D eigenvalue weighted by Crippen LogP contribution is -2.21. The third-order valence-electron chi connectivity index (χ3n) is 4.39. The lowest BCUT2D eigenvalue weighted by atomic mass is 10.1. The van der Waals surface area contributed by atoms with Gasteiger partial charge in [0, 0.05) is 4.88 Å². The lowest BCUT2D eigenvalue weighted by Gasteiger charge is -2.18. The van der Waals surface area contributed by atoms with Crippen LogP contribution in [0.1, 0.15) is 14.7 Å². The van der Waals surface area contributed by atoms with Gasteiger partial charge in [0.1, 0.15) is 18.2 Å². The van der Waals surface area contributed by atoms with Crippen LogP contribution in [-0.2, 0) is 6.54 Å². The molecule has 0 saturated heterocycles. The highest BCUT2D eigenvalue weighted by Crippen LogP contribution is 2.36. The van der Waals surface area contributed by atoms with Crippen LogP contribution in [0.2, 0.25) is 0 Å². The molecular weight excluding hydrogens is 392 g/mol. The number of thiazole rings is 1. The molecular formula is C21H16N2O3S2. The fraction of sp³-hybridized carbons (Fsp3) is 0.143. The zero-order chi connectivity index (χ0) is 18.9. The van der Waals surface area contributed by atoms with Gasteiger partial charge in [-0.1, -0.05) is 12.1 Å². The summed E-state index contributed by atoms with van der Waals surface area (Å²) in [6.45, 7) is 1.56. The molecule has 0 aliphatic carbocycles. The van der Waals surface area contributed by atoms with Crippen LogP contribution in [0.25, 0.3) is 20.7 Å². The van der Waals surface area contributed by atoms with Gasteiger partial charge < -0.3 is 14.8 Å². The number of fused-ring (bicyclic) bond motifs is 2. The quantitative estimate of drug-likeness (QED) is 0.531. The van der Waals surface area contributed by atoms with E-state index in [1.54, 1.807) is 11.3 Å². The number of rotatable bonds is 4. The number of carbonyl (C=O) groups is 1. The van der Waals surface area contributed by atoms with Crippen molar-refractivity contribution in [1.29, 1.82) is 0 Å². The second-order valence-corrected chi connectivity index (χ2v) is 8.48. The molecule has 2 aromatic heterocycles. The monoisotopic (exact) mass is 408 g/mol. The molecule has 1 amide bonds. The molecule has 7 heteroatoms. The molecule has 4 aromatic rings. The molecule has 28 heavy (non-hydrogen) atoms. The topological polar surface area (TPSA) is 60.5 Å². The highest BCUT2D eigenvalue weighted by atomic mass is 32.1. The minimum Gasteiger partial charge on any atom is -0.486 e. The zero-order valence-electron chi connectivity index (χ0n) is 14.8. The smallest absolute Gasteiger partial charge is 0.261 e. The summed E-state index contributed by atoms with van der Waals surface area (Å²) in [5, 5.41) is 3.87. The van der Waals surface area contributed by atoms with E-state index >= 15 is 0 Å².